The third-order valence-corrected chi connectivity index (χ3v) is 7.18. The van der Waals surface area contributed by atoms with Gasteiger partial charge >= 0.3 is 6.18 Å². The van der Waals surface area contributed by atoms with E-state index in [9.17, 15) is 26.7 Å². The first-order valence-corrected chi connectivity index (χ1v) is 12.7. The summed E-state index contributed by atoms with van der Waals surface area (Å²) >= 11 is 0. The highest BCUT2D eigenvalue weighted by atomic mass is 19.4. The van der Waals surface area contributed by atoms with Gasteiger partial charge in [0.15, 0.2) is 0 Å². The molecule has 0 unspecified atom stereocenters. The van der Waals surface area contributed by atoms with E-state index in [1.165, 1.54) is 0 Å². The van der Waals surface area contributed by atoms with Crippen molar-refractivity contribution >= 4 is 5.91 Å². The minimum absolute atomic E-state index is 0.110. The predicted octanol–water partition coefficient (Wildman–Crippen LogP) is 5.92. The van der Waals surface area contributed by atoms with Crippen LogP contribution in [0.2, 0.25) is 0 Å². The van der Waals surface area contributed by atoms with E-state index in [2.05, 4.69) is 10.2 Å². The minimum atomic E-state index is -5.12. The fraction of sp³-hybridized carbons (Fsp3) is 0.429. The van der Waals surface area contributed by atoms with Crippen molar-refractivity contribution in [3.8, 4) is 0 Å². The molecular formula is C28H31F5N4O. The second kappa shape index (κ2) is 11.2. The Morgan fingerprint density at radius 1 is 1.16 bits per heavy atom. The maximum Gasteiger partial charge on any atom is 0.422 e. The van der Waals surface area contributed by atoms with E-state index in [-0.39, 0.29) is 23.9 Å². The highest BCUT2D eigenvalue weighted by Crippen LogP contribution is 2.40. The molecular weight excluding hydrogens is 503 g/mol. The molecule has 204 valence electrons. The number of halogens is 5. The molecule has 0 aliphatic carbocycles. The summed E-state index contributed by atoms with van der Waals surface area (Å²) in [7, 11) is 1.57. The number of hydrogen-bond acceptors (Lipinski definition) is 3. The Bertz CT molecular complexity index is 1270. The number of rotatable bonds is 7. The maximum atomic E-state index is 14.3. The van der Waals surface area contributed by atoms with E-state index < -0.39 is 29.4 Å². The monoisotopic (exact) mass is 534 g/mol. The number of carbonyl (C=O) groups is 1. The smallest absolute Gasteiger partial charge is 0.358 e. The van der Waals surface area contributed by atoms with Crippen LogP contribution in [0.3, 0.4) is 0 Å². The van der Waals surface area contributed by atoms with Gasteiger partial charge in [-0.05, 0) is 62.8 Å². The van der Waals surface area contributed by atoms with E-state index in [4.69, 9.17) is 5.10 Å². The third-order valence-electron chi connectivity index (χ3n) is 7.18. The molecule has 1 aromatic heterocycles. The normalized spacial score (nSPS) is 17.1. The Labute approximate surface area is 218 Å². The topological polar surface area (TPSA) is 50.2 Å². The van der Waals surface area contributed by atoms with Crippen LogP contribution in [0.4, 0.5) is 22.0 Å². The van der Waals surface area contributed by atoms with Gasteiger partial charge in [-0.15, -0.1) is 0 Å². The fourth-order valence-electron chi connectivity index (χ4n) is 5.58. The predicted molar refractivity (Wildman–Crippen MR) is 133 cm³/mol. The lowest BCUT2D eigenvalue weighted by Gasteiger charge is -2.37. The number of nitrogens with zero attached hydrogens (tertiary/aromatic N) is 3. The molecule has 38 heavy (non-hydrogen) atoms. The number of aryl methyl sites for hydroxylation is 3. The van der Waals surface area contributed by atoms with Gasteiger partial charge in [0, 0.05) is 37.4 Å². The van der Waals surface area contributed by atoms with Gasteiger partial charge in [-0.25, -0.2) is 8.78 Å². The molecule has 0 spiro atoms. The van der Waals surface area contributed by atoms with Crippen molar-refractivity contribution in [3.63, 3.8) is 0 Å². The highest BCUT2D eigenvalue weighted by Gasteiger charge is 2.39. The Balaban J connectivity index is 1.78. The number of fused-ring (bicyclic) bond motifs is 1. The quantitative estimate of drug-likeness (QED) is 0.383. The second-order valence-electron chi connectivity index (χ2n) is 9.52. The Morgan fingerprint density at radius 2 is 1.82 bits per heavy atom. The number of nitrogens with one attached hydrogen (secondary N) is 1. The van der Waals surface area contributed by atoms with E-state index >= 15 is 0 Å². The van der Waals surface area contributed by atoms with Gasteiger partial charge in [0.25, 0.3) is 0 Å². The molecule has 5 nitrogen and oxygen atoms in total. The van der Waals surface area contributed by atoms with E-state index in [0.717, 1.165) is 47.5 Å². The van der Waals surface area contributed by atoms with Gasteiger partial charge in [0.05, 0.1) is 5.69 Å². The van der Waals surface area contributed by atoms with Crippen molar-refractivity contribution in [2.45, 2.75) is 64.3 Å². The summed E-state index contributed by atoms with van der Waals surface area (Å²) in [5.41, 5.74) is 1.84. The summed E-state index contributed by atoms with van der Waals surface area (Å²) in [5, 5.41) is 7.46. The van der Waals surface area contributed by atoms with Gasteiger partial charge in [-0.2, -0.15) is 18.3 Å². The first-order valence-electron chi connectivity index (χ1n) is 12.7. The summed E-state index contributed by atoms with van der Waals surface area (Å²) in [6.45, 7) is 5.13. The average Bonchev–Trinajstić information content (AvgIpc) is 3.06. The van der Waals surface area contributed by atoms with E-state index in [0.29, 0.717) is 19.5 Å². The third kappa shape index (κ3) is 5.45. The summed E-state index contributed by atoms with van der Waals surface area (Å²) < 4.78 is 69.9. The molecule has 2 heterocycles. The maximum absolute atomic E-state index is 14.3. The van der Waals surface area contributed by atoms with Gasteiger partial charge in [0.1, 0.15) is 23.2 Å². The summed E-state index contributed by atoms with van der Waals surface area (Å²) in [4.78, 5) is 15.3. The van der Waals surface area contributed by atoms with Gasteiger partial charge in [-0.3, -0.25) is 14.4 Å². The fourth-order valence-corrected chi connectivity index (χ4v) is 5.58. The molecule has 0 radical (unpaired) electrons. The molecule has 1 aliphatic rings. The van der Waals surface area contributed by atoms with Gasteiger partial charge in [0.2, 0.25) is 5.91 Å². The Morgan fingerprint density at radius 3 is 2.39 bits per heavy atom. The summed E-state index contributed by atoms with van der Waals surface area (Å²) in [6.07, 6.45) is -3.18. The van der Waals surface area contributed by atoms with Crippen LogP contribution in [-0.4, -0.2) is 34.2 Å². The van der Waals surface area contributed by atoms with Crippen LogP contribution in [0.25, 0.3) is 0 Å². The van der Waals surface area contributed by atoms with Crippen LogP contribution in [0.15, 0.2) is 42.5 Å². The van der Waals surface area contributed by atoms with Crippen LogP contribution < -0.4 is 5.32 Å². The van der Waals surface area contributed by atoms with E-state index in [1.807, 2.05) is 48.9 Å². The SMILES string of the molecule is CCn1nc(C)c2c1CCCN([C@@H](C(=O)NC)c1ccccc1)[C@@H]2CCc1cc(F)c(C(F)(F)F)c(F)c1. The standard InChI is InChI=1S/C28H31F5N4O/c1-4-37-23-11-8-14-36(26(27(38)34-3)19-9-6-5-7-10-19)22(24(23)17(2)35-37)13-12-18-15-20(29)25(21(30)16-18)28(31,32)33/h5-7,9-10,15-16,22,26H,4,8,11-14H2,1-3H3,(H,34,38)/t22-,26-/m1/s1. The number of alkyl halides is 3. The highest BCUT2D eigenvalue weighted by molar-refractivity contribution is 5.83. The molecule has 1 amide bonds. The molecule has 0 fully saturated rings. The molecule has 2 atom stereocenters. The molecule has 1 N–H and O–H groups in total. The largest absolute Gasteiger partial charge is 0.422 e. The van der Waals surface area contributed by atoms with E-state index in [1.54, 1.807) is 7.05 Å². The molecule has 0 bridgehead atoms. The molecule has 4 rings (SSSR count). The number of benzene rings is 2. The molecule has 3 aromatic rings. The van der Waals surface area contributed by atoms with Crippen molar-refractivity contribution < 1.29 is 26.7 Å². The van der Waals surface area contributed by atoms with Crippen molar-refractivity contribution in [3.05, 3.63) is 87.7 Å². The number of carbonyl (C=O) groups excluding carboxylic acids is 1. The molecule has 0 saturated heterocycles. The Hall–Kier alpha value is -3.27. The number of amides is 1. The van der Waals surface area contributed by atoms with Crippen molar-refractivity contribution in [1.29, 1.82) is 0 Å². The lowest BCUT2D eigenvalue weighted by Crippen LogP contribution is -2.41. The minimum Gasteiger partial charge on any atom is -0.358 e. The summed E-state index contributed by atoms with van der Waals surface area (Å²) in [6, 6.07) is 9.86. The van der Waals surface area contributed by atoms with Gasteiger partial charge in [-0.1, -0.05) is 30.3 Å². The summed E-state index contributed by atoms with van der Waals surface area (Å²) in [5.74, 6) is -3.46. The zero-order valence-electron chi connectivity index (χ0n) is 21.6. The molecule has 10 heteroatoms. The first kappa shape index (κ1) is 27.8. The van der Waals surface area contributed by atoms with Crippen LogP contribution in [0.1, 0.15) is 65.5 Å². The number of likely N-dealkylation sites (N-methyl/N-ethyl adjacent to an activating group) is 1. The average molecular weight is 535 g/mol. The molecule has 2 aromatic carbocycles. The van der Waals surface area contributed by atoms with Crippen molar-refractivity contribution in [2.75, 3.05) is 13.6 Å². The van der Waals surface area contributed by atoms with Gasteiger partial charge < -0.3 is 5.32 Å². The second-order valence-corrected chi connectivity index (χ2v) is 9.52. The zero-order chi connectivity index (χ0) is 27.6. The lowest BCUT2D eigenvalue weighted by molar-refractivity contribution is -0.142. The lowest BCUT2D eigenvalue weighted by atomic mass is 9.93. The Kier molecular flexibility index (Phi) is 8.20. The van der Waals surface area contributed by atoms with Crippen molar-refractivity contribution in [2.24, 2.45) is 0 Å². The van der Waals surface area contributed by atoms with Crippen LogP contribution in [0.5, 0.6) is 0 Å². The first-order chi connectivity index (χ1) is 18.1. The van der Waals surface area contributed by atoms with Crippen LogP contribution in [0, 0.1) is 18.6 Å². The number of aromatic nitrogens is 2. The zero-order valence-corrected chi connectivity index (χ0v) is 21.6. The van der Waals surface area contributed by atoms with Crippen LogP contribution >= 0.6 is 0 Å². The molecule has 0 saturated carbocycles. The molecule has 1 aliphatic heterocycles. The van der Waals surface area contributed by atoms with Crippen molar-refractivity contribution in [1.82, 2.24) is 20.0 Å². The number of hydrogen-bond donors (Lipinski definition) is 1. The van der Waals surface area contributed by atoms with Crippen LogP contribution in [-0.2, 0) is 30.4 Å².